The van der Waals surface area contributed by atoms with Gasteiger partial charge in [-0.05, 0) is 57.1 Å². The Morgan fingerprint density at radius 2 is 0.875 bits per heavy atom. The number of nitrogens with zero attached hydrogens (tertiary/aromatic N) is 3. The normalized spacial score (nSPS) is 12.8. The largest absolute Gasteiger partial charge is 0.208 e. The Hall–Kier alpha value is -7.01. The van der Waals surface area contributed by atoms with Crippen LogP contribution in [0.5, 0.6) is 0 Å². The molecule has 8 aromatic carbocycles. The molecule has 1 aliphatic rings. The van der Waals surface area contributed by atoms with Crippen molar-refractivity contribution >= 4 is 31.5 Å². The number of aromatic nitrogens is 3. The van der Waals surface area contributed by atoms with Crippen LogP contribution in [0.3, 0.4) is 0 Å². The van der Waals surface area contributed by atoms with Gasteiger partial charge in [-0.15, -0.1) is 11.3 Å². The lowest BCUT2D eigenvalue weighted by Gasteiger charge is -2.34. The Morgan fingerprint density at radius 1 is 0.357 bits per heavy atom. The summed E-state index contributed by atoms with van der Waals surface area (Å²) in [5.41, 5.74) is 12.2. The maximum atomic E-state index is 5.26. The van der Waals surface area contributed by atoms with Gasteiger partial charge in [-0.25, -0.2) is 15.0 Å². The Kier molecular flexibility index (Phi) is 7.58. The van der Waals surface area contributed by atoms with Gasteiger partial charge in [0.1, 0.15) is 0 Å². The van der Waals surface area contributed by atoms with E-state index in [1.807, 2.05) is 47.7 Å². The van der Waals surface area contributed by atoms with Crippen LogP contribution >= 0.6 is 11.3 Å². The number of rotatable bonds is 6. The molecule has 0 saturated heterocycles. The van der Waals surface area contributed by atoms with Crippen molar-refractivity contribution in [2.75, 3.05) is 0 Å². The fourth-order valence-electron chi connectivity index (χ4n) is 8.79. The summed E-state index contributed by atoms with van der Waals surface area (Å²) in [5, 5.41) is 2.48. The fourth-order valence-corrected chi connectivity index (χ4v) is 10.1. The number of hydrogen-bond donors (Lipinski definition) is 0. The summed E-state index contributed by atoms with van der Waals surface area (Å²) in [7, 11) is 0. The molecule has 0 aliphatic heterocycles. The highest BCUT2D eigenvalue weighted by atomic mass is 32.1. The van der Waals surface area contributed by atoms with Crippen LogP contribution in [0.15, 0.2) is 200 Å². The molecule has 3 nitrogen and oxygen atoms in total. The van der Waals surface area contributed by atoms with Gasteiger partial charge in [0.15, 0.2) is 17.5 Å². The molecule has 262 valence electrons. The second kappa shape index (κ2) is 13.1. The molecule has 1 aliphatic carbocycles. The van der Waals surface area contributed by atoms with Crippen molar-refractivity contribution in [2.45, 2.75) is 5.41 Å². The van der Waals surface area contributed by atoms with Gasteiger partial charge in [0.2, 0.25) is 0 Å². The molecule has 0 saturated carbocycles. The second-order valence-electron chi connectivity index (χ2n) is 14.3. The third-order valence-electron chi connectivity index (χ3n) is 11.2. The first-order valence-corrected chi connectivity index (χ1v) is 19.8. The predicted molar refractivity (Wildman–Crippen MR) is 232 cm³/mol. The van der Waals surface area contributed by atoms with Crippen LogP contribution in [0.4, 0.5) is 0 Å². The van der Waals surface area contributed by atoms with Crippen molar-refractivity contribution in [3.63, 3.8) is 0 Å². The van der Waals surface area contributed by atoms with Crippen LogP contribution in [-0.4, -0.2) is 15.0 Å². The summed E-state index contributed by atoms with van der Waals surface area (Å²) >= 11 is 1.84. The van der Waals surface area contributed by atoms with Crippen molar-refractivity contribution < 1.29 is 0 Å². The van der Waals surface area contributed by atoms with E-state index in [9.17, 15) is 0 Å². The minimum atomic E-state index is -0.521. The highest BCUT2D eigenvalue weighted by Crippen LogP contribution is 2.57. The number of thiophene rings is 1. The number of benzene rings is 8. The molecule has 0 unspecified atom stereocenters. The Labute approximate surface area is 329 Å². The first-order valence-electron chi connectivity index (χ1n) is 18.9. The quantitative estimate of drug-likeness (QED) is 0.171. The van der Waals surface area contributed by atoms with E-state index < -0.39 is 5.41 Å². The predicted octanol–water partition coefficient (Wildman–Crippen LogP) is 13.3. The third-order valence-corrected chi connectivity index (χ3v) is 12.4. The molecule has 0 bridgehead atoms. The van der Waals surface area contributed by atoms with Crippen molar-refractivity contribution in [1.82, 2.24) is 15.0 Å². The van der Waals surface area contributed by atoms with Crippen LogP contribution < -0.4 is 0 Å². The van der Waals surface area contributed by atoms with Crippen LogP contribution in [0.1, 0.15) is 22.3 Å². The SMILES string of the molecule is c1ccc(-c2nc(-c3ccccc3)nc(-c3ccc4c(sc5ccccc54)c3-c3ccc4c(c3)C(c3ccccc3)(c3ccccc3)c3ccccc3-4)n2)cc1. The lowest BCUT2D eigenvalue weighted by molar-refractivity contribution is 0.769. The van der Waals surface area contributed by atoms with E-state index >= 15 is 0 Å². The molecule has 10 aromatic rings. The molecule has 11 rings (SSSR count). The van der Waals surface area contributed by atoms with Crippen molar-refractivity contribution in [3.05, 3.63) is 222 Å². The van der Waals surface area contributed by atoms with Crippen LogP contribution in [0, 0.1) is 0 Å². The minimum absolute atomic E-state index is 0.521. The highest BCUT2D eigenvalue weighted by Gasteiger charge is 2.46. The minimum Gasteiger partial charge on any atom is -0.208 e. The van der Waals surface area contributed by atoms with Crippen molar-refractivity contribution in [2.24, 2.45) is 0 Å². The van der Waals surface area contributed by atoms with Crippen molar-refractivity contribution in [1.29, 1.82) is 0 Å². The summed E-state index contributed by atoms with van der Waals surface area (Å²) in [5.74, 6) is 1.94. The molecule has 0 atom stereocenters. The summed E-state index contributed by atoms with van der Waals surface area (Å²) in [6.45, 7) is 0. The average Bonchev–Trinajstić information content (AvgIpc) is 3.81. The van der Waals surface area contributed by atoms with E-state index in [1.165, 1.54) is 53.6 Å². The molecular weight excluding hydrogens is 699 g/mol. The Bertz CT molecular complexity index is 2970. The maximum absolute atomic E-state index is 5.26. The van der Waals surface area contributed by atoms with Crippen LogP contribution in [-0.2, 0) is 5.41 Å². The number of hydrogen-bond acceptors (Lipinski definition) is 4. The van der Waals surface area contributed by atoms with E-state index in [0.29, 0.717) is 17.5 Å². The monoisotopic (exact) mass is 731 g/mol. The van der Waals surface area contributed by atoms with Gasteiger partial charge in [-0.3, -0.25) is 0 Å². The number of fused-ring (bicyclic) bond motifs is 6. The molecule has 2 heterocycles. The smallest absolute Gasteiger partial charge is 0.164 e. The fraction of sp³-hybridized carbons (Fsp3) is 0.0192. The standard InChI is InChI=1S/C52H33N3S/c1-5-17-34(18-6-1)49-53-50(35-19-7-2-8-20-35)55-51(54-49)43-32-31-42-41-26-14-16-28-46(41)56-48(42)47(43)36-29-30-40-39-25-13-15-27-44(39)52(45(40)33-36,37-21-9-3-10-22-37)38-23-11-4-12-24-38/h1-33H. The van der Waals surface area contributed by atoms with E-state index in [-0.39, 0.29) is 0 Å². The second-order valence-corrected chi connectivity index (χ2v) is 15.3. The molecule has 0 fully saturated rings. The van der Waals surface area contributed by atoms with Crippen molar-refractivity contribution in [3.8, 4) is 56.4 Å². The molecule has 4 heteroatoms. The van der Waals surface area contributed by atoms with Gasteiger partial charge >= 0.3 is 0 Å². The lowest BCUT2D eigenvalue weighted by Crippen LogP contribution is -2.28. The zero-order chi connectivity index (χ0) is 37.1. The average molecular weight is 732 g/mol. The van der Waals surface area contributed by atoms with E-state index in [0.717, 1.165) is 27.8 Å². The van der Waals surface area contributed by atoms with Crippen LogP contribution in [0.25, 0.3) is 76.6 Å². The van der Waals surface area contributed by atoms with Gasteiger partial charge < -0.3 is 0 Å². The van der Waals surface area contributed by atoms with E-state index in [4.69, 9.17) is 15.0 Å². The van der Waals surface area contributed by atoms with Gasteiger partial charge in [0, 0.05) is 42.4 Å². The van der Waals surface area contributed by atoms with Gasteiger partial charge in [-0.2, -0.15) is 0 Å². The molecule has 56 heavy (non-hydrogen) atoms. The molecule has 2 aromatic heterocycles. The highest BCUT2D eigenvalue weighted by molar-refractivity contribution is 7.26. The van der Waals surface area contributed by atoms with E-state index in [2.05, 4.69) is 164 Å². The summed E-state index contributed by atoms with van der Waals surface area (Å²) in [6, 6.07) is 71.6. The molecular formula is C52H33N3S. The molecule has 0 amide bonds. The third kappa shape index (κ3) is 5.00. The first-order chi connectivity index (χ1) is 27.8. The Balaban J connectivity index is 1.23. The summed E-state index contributed by atoms with van der Waals surface area (Å²) in [4.78, 5) is 15.6. The van der Waals surface area contributed by atoms with Gasteiger partial charge in [-0.1, -0.05) is 182 Å². The molecule has 0 N–H and O–H groups in total. The zero-order valence-electron chi connectivity index (χ0n) is 30.3. The van der Waals surface area contributed by atoms with Crippen LogP contribution in [0.2, 0.25) is 0 Å². The molecule has 0 radical (unpaired) electrons. The maximum Gasteiger partial charge on any atom is 0.164 e. The molecule has 0 spiro atoms. The summed E-state index contributed by atoms with van der Waals surface area (Å²) in [6.07, 6.45) is 0. The first kappa shape index (κ1) is 32.4. The lowest BCUT2D eigenvalue weighted by atomic mass is 9.67. The topological polar surface area (TPSA) is 38.7 Å². The van der Waals surface area contributed by atoms with Gasteiger partial charge in [0.25, 0.3) is 0 Å². The zero-order valence-corrected chi connectivity index (χ0v) is 31.1. The van der Waals surface area contributed by atoms with E-state index in [1.54, 1.807) is 0 Å². The van der Waals surface area contributed by atoms with Gasteiger partial charge in [0.05, 0.1) is 5.41 Å². The Morgan fingerprint density at radius 3 is 1.54 bits per heavy atom. The summed E-state index contributed by atoms with van der Waals surface area (Å²) < 4.78 is 2.47.